The van der Waals surface area contributed by atoms with Crippen LogP contribution in [0.3, 0.4) is 0 Å². The minimum absolute atomic E-state index is 0.0301. The number of para-hydroxylation sites is 1. The Morgan fingerprint density at radius 1 is 1.50 bits per heavy atom. The summed E-state index contributed by atoms with van der Waals surface area (Å²) in [4.78, 5) is 11.6. The van der Waals surface area contributed by atoms with Gasteiger partial charge in [0.25, 0.3) is 0 Å². The fourth-order valence-electron chi connectivity index (χ4n) is 1.48. The molecule has 5 heteroatoms. The van der Waals surface area contributed by atoms with Crippen molar-refractivity contribution >= 4 is 28.9 Å². The zero-order chi connectivity index (χ0) is 13.5. The van der Waals surface area contributed by atoms with E-state index in [1.807, 2.05) is 13.8 Å². The predicted octanol–water partition coefficient (Wildman–Crippen LogP) is 2.64. The second-order valence-corrected chi connectivity index (χ2v) is 4.66. The van der Waals surface area contributed by atoms with E-state index in [0.717, 1.165) is 6.42 Å². The van der Waals surface area contributed by atoms with E-state index < -0.39 is 0 Å². The number of carbonyl (C=O) groups is 1. The first-order valence-electron chi connectivity index (χ1n) is 6.11. The van der Waals surface area contributed by atoms with Crippen LogP contribution in [0.1, 0.15) is 26.7 Å². The van der Waals surface area contributed by atoms with E-state index in [1.165, 1.54) is 0 Å². The summed E-state index contributed by atoms with van der Waals surface area (Å²) in [6.07, 6.45) is 1.33. The monoisotopic (exact) mass is 269 g/mol. The van der Waals surface area contributed by atoms with Gasteiger partial charge in [-0.05, 0) is 25.5 Å². The quantitative estimate of drug-likeness (QED) is 0.696. The Morgan fingerprint density at radius 2 is 2.22 bits per heavy atom. The lowest BCUT2D eigenvalue weighted by Crippen LogP contribution is -2.33. The Morgan fingerprint density at radius 3 is 2.83 bits per heavy atom. The molecule has 0 aliphatic rings. The van der Waals surface area contributed by atoms with E-state index in [4.69, 9.17) is 17.3 Å². The lowest BCUT2D eigenvalue weighted by molar-refractivity contribution is -0.121. The van der Waals surface area contributed by atoms with Gasteiger partial charge in [-0.25, -0.2) is 0 Å². The number of nitrogen functional groups attached to an aromatic ring is 1. The lowest BCUT2D eigenvalue weighted by atomic mass is 10.2. The molecule has 4 N–H and O–H groups in total. The van der Waals surface area contributed by atoms with Crippen LogP contribution in [-0.2, 0) is 4.79 Å². The maximum atomic E-state index is 11.6. The third kappa shape index (κ3) is 4.45. The molecule has 0 aliphatic heterocycles. The molecule has 0 radical (unpaired) electrons. The molecule has 0 heterocycles. The Balaban J connectivity index is 2.40. The smallest absolute Gasteiger partial charge is 0.221 e. The van der Waals surface area contributed by atoms with Crippen molar-refractivity contribution in [1.29, 1.82) is 0 Å². The minimum Gasteiger partial charge on any atom is -0.397 e. The molecule has 0 bridgehead atoms. The molecule has 1 atom stereocenters. The van der Waals surface area contributed by atoms with Crippen LogP contribution in [0.25, 0.3) is 0 Å². The van der Waals surface area contributed by atoms with Gasteiger partial charge in [0.05, 0.1) is 16.4 Å². The van der Waals surface area contributed by atoms with E-state index >= 15 is 0 Å². The first-order valence-corrected chi connectivity index (χ1v) is 6.49. The molecule has 0 aromatic heterocycles. The van der Waals surface area contributed by atoms with Crippen LogP contribution in [0.2, 0.25) is 5.02 Å². The molecule has 0 aliphatic carbocycles. The molecule has 1 rings (SSSR count). The zero-order valence-electron chi connectivity index (χ0n) is 10.8. The van der Waals surface area contributed by atoms with Crippen LogP contribution in [0.15, 0.2) is 18.2 Å². The fourth-order valence-corrected chi connectivity index (χ4v) is 1.73. The summed E-state index contributed by atoms with van der Waals surface area (Å²) in [6, 6.07) is 5.54. The first-order chi connectivity index (χ1) is 8.54. The summed E-state index contributed by atoms with van der Waals surface area (Å²) in [5, 5.41) is 6.55. The van der Waals surface area contributed by atoms with Gasteiger partial charge in [0, 0.05) is 19.0 Å². The number of benzene rings is 1. The summed E-state index contributed by atoms with van der Waals surface area (Å²) in [7, 11) is 0. The number of rotatable bonds is 6. The van der Waals surface area contributed by atoms with E-state index in [9.17, 15) is 4.79 Å². The van der Waals surface area contributed by atoms with Crippen LogP contribution >= 0.6 is 11.6 Å². The Labute approximate surface area is 113 Å². The van der Waals surface area contributed by atoms with Gasteiger partial charge in [-0.15, -0.1) is 0 Å². The Hall–Kier alpha value is -1.42. The second-order valence-electron chi connectivity index (χ2n) is 4.26. The average Bonchev–Trinajstić information content (AvgIpc) is 2.32. The van der Waals surface area contributed by atoms with Crippen LogP contribution in [-0.4, -0.2) is 18.5 Å². The molecule has 0 saturated heterocycles. The van der Waals surface area contributed by atoms with Crippen molar-refractivity contribution < 1.29 is 4.79 Å². The minimum atomic E-state index is 0.0301. The Kier molecular flexibility index (Phi) is 5.78. The first kappa shape index (κ1) is 14.6. The summed E-state index contributed by atoms with van der Waals surface area (Å²) in [6.45, 7) is 4.53. The highest BCUT2D eigenvalue weighted by Gasteiger charge is 2.07. The van der Waals surface area contributed by atoms with Crippen LogP contribution in [0, 0.1) is 0 Å². The van der Waals surface area contributed by atoms with Crippen molar-refractivity contribution in [2.24, 2.45) is 0 Å². The average molecular weight is 270 g/mol. The van der Waals surface area contributed by atoms with Crippen molar-refractivity contribution in [1.82, 2.24) is 5.32 Å². The highest BCUT2D eigenvalue weighted by atomic mass is 35.5. The number of hydrogen-bond donors (Lipinski definition) is 3. The van der Waals surface area contributed by atoms with Crippen molar-refractivity contribution in [3.05, 3.63) is 23.2 Å². The van der Waals surface area contributed by atoms with Gasteiger partial charge < -0.3 is 16.4 Å². The van der Waals surface area contributed by atoms with Crippen molar-refractivity contribution in [2.75, 3.05) is 17.6 Å². The summed E-state index contributed by atoms with van der Waals surface area (Å²) < 4.78 is 0. The number of amides is 1. The third-order valence-corrected chi connectivity index (χ3v) is 3.03. The van der Waals surface area contributed by atoms with Crippen molar-refractivity contribution in [3.8, 4) is 0 Å². The second kappa shape index (κ2) is 7.11. The maximum Gasteiger partial charge on any atom is 0.221 e. The van der Waals surface area contributed by atoms with E-state index in [2.05, 4.69) is 10.6 Å². The van der Waals surface area contributed by atoms with Gasteiger partial charge in [0.1, 0.15) is 0 Å². The third-order valence-electron chi connectivity index (χ3n) is 2.72. The molecular formula is C13H20ClN3O. The molecular weight excluding hydrogens is 250 g/mol. The summed E-state index contributed by atoms with van der Waals surface area (Å²) in [5.74, 6) is 0.0301. The Bertz CT molecular complexity index is 389. The maximum absolute atomic E-state index is 11.6. The fraction of sp³-hybridized carbons (Fsp3) is 0.462. The number of hydrogen-bond acceptors (Lipinski definition) is 3. The summed E-state index contributed by atoms with van der Waals surface area (Å²) >= 11 is 6.01. The number of halogens is 1. The molecule has 18 heavy (non-hydrogen) atoms. The number of nitrogens with one attached hydrogen (secondary N) is 2. The molecule has 100 valence electrons. The van der Waals surface area contributed by atoms with Crippen LogP contribution in [0.5, 0.6) is 0 Å². The van der Waals surface area contributed by atoms with Gasteiger partial charge in [-0.2, -0.15) is 0 Å². The van der Waals surface area contributed by atoms with E-state index in [1.54, 1.807) is 18.2 Å². The van der Waals surface area contributed by atoms with E-state index in [-0.39, 0.29) is 11.9 Å². The normalized spacial score (nSPS) is 11.9. The SMILES string of the molecule is CCC(C)NC(=O)CCNc1c(N)cccc1Cl. The standard InChI is InChI=1S/C13H20ClN3O/c1-3-9(2)17-12(18)7-8-16-13-10(14)5-4-6-11(13)15/h4-6,9,16H,3,7-8,15H2,1-2H3,(H,17,18). The predicted molar refractivity (Wildman–Crippen MR) is 76.9 cm³/mol. The highest BCUT2D eigenvalue weighted by molar-refractivity contribution is 6.33. The molecule has 1 amide bonds. The summed E-state index contributed by atoms with van der Waals surface area (Å²) in [5.41, 5.74) is 7.07. The lowest BCUT2D eigenvalue weighted by Gasteiger charge is -2.13. The molecule has 1 unspecified atom stereocenters. The zero-order valence-corrected chi connectivity index (χ0v) is 11.6. The number of carbonyl (C=O) groups excluding carboxylic acids is 1. The highest BCUT2D eigenvalue weighted by Crippen LogP contribution is 2.27. The molecule has 0 fully saturated rings. The van der Waals surface area contributed by atoms with Crippen LogP contribution in [0.4, 0.5) is 11.4 Å². The number of anilines is 2. The van der Waals surface area contributed by atoms with Crippen molar-refractivity contribution in [2.45, 2.75) is 32.7 Å². The van der Waals surface area contributed by atoms with Gasteiger partial charge in [-0.3, -0.25) is 4.79 Å². The molecule has 1 aromatic carbocycles. The van der Waals surface area contributed by atoms with E-state index in [0.29, 0.717) is 29.4 Å². The van der Waals surface area contributed by atoms with Crippen LogP contribution < -0.4 is 16.4 Å². The van der Waals surface area contributed by atoms with Gasteiger partial charge in [0.2, 0.25) is 5.91 Å². The molecule has 4 nitrogen and oxygen atoms in total. The largest absolute Gasteiger partial charge is 0.397 e. The topological polar surface area (TPSA) is 67.2 Å². The van der Waals surface area contributed by atoms with Gasteiger partial charge in [0.15, 0.2) is 0 Å². The molecule has 1 aromatic rings. The van der Waals surface area contributed by atoms with Gasteiger partial charge in [-0.1, -0.05) is 24.6 Å². The van der Waals surface area contributed by atoms with Gasteiger partial charge >= 0.3 is 0 Å². The van der Waals surface area contributed by atoms with Crippen molar-refractivity contribution in [3.63, 3.8) is 0 Å². The number of nitrogens with two attached hydrogens (primary N) is 1. The molecule has 0 spiro atoms. The molecule has 0 saturated carbocycles.